The quantitative estimate of drug-likeness (QED) is 0.836. The maximum atomic E-state index is 12.2. The van der Waals surface area contributed by atoms with Crippen LogP contribution < -0.4 is 11.1 Å². The van der Waals surface area contributed by atoms with E-state index in [0.717, 1.165) is 30.0 Å². The van der Waals surface area contributed by atoms with E-state index in [9.17, 15) is 4.79 Å². The number of hydrogen-bond donors (Lipinski definition) is 2. The SMILES string of the molecule is Nc1ccc(Br)cc1C(=O)NC1CCN(C2CC2)C1. The number of rotatable bonds is 3. The van der Waals surface area contributed by atoms with E-state index in [2.05, 4.69) is 26.1 Å². The van der Waals surface area contributed by atoms with Crippen LogP contribution in [-0.4, -0.2) is 36.0 Å². The maximum Gasteiger partial charge on any atom is 0.253 e. The molecule has 1 aromatic rings. The Morgan fingerprint density at radius 2 is 2.16 bits per heavy atom. The molecule has 1 unspecified atom stereocenters. The Morgan fingerprint density at radius 3 is 2.89 bits per heavy atom. The summed E-state index contributed by atoms with van der Waals surface area (Å²) in [6, 6.07) is 6.41. The van der Waals surface area contributed by atoms with Crippen LogP contribution in [0.4, 0.5) is 5.69 Å². The highest BCUT2D eigenvalue weighted by Crippen LogP contribution is 2.30. The number of amides is 1. The van der Waals surface area contributed by atoms with E-state index in [1.165, 1.54) is 12.8 Å². The lowest BCUT2D eigenvalue weighted by molar-refractivity contribution is 0.0938. The van der Waals surface area contributed by atoms with E-state index in [0.29, 0.717) is 11.3 Å². The van der Waals surface area contributed by atoms with Crippen molar-refractivity contribution in [1.82, 2.24) is 10.2 Å². The third-order valence-corrected chi connectivity index (χ3v) is 4.37. The van der Waals surface area contributed by atoms with Gasteiger partial charge in [-0.25, -0.2) is 0 Å². The molecule has 19 heavy (non-hydrogen) atoms. The number of nitrogens with one attached hydrogen (secondary N) is 1. The summed E-state index contributed by atoms with van der Waals surface area (Å²) in [7, 11) is 0. The van der Waals surface area contributed by atoms with Gasteiger partial charge in [0, 0.05) is 35.3 Å². The Kier molecular flexibility index (Phi) is 3.50. The number of halogens is 1. The fourth-order valence-corrected chi connectivity index (χ4v) is 3.03. The molecule has 3 N–H and O–H groups in total. The number of nitrogen functional groups attached to an aromatic ring is 1. The molecule has 2 fully saturated rings. The molecule has 5 heteroatoms. The summed E-state index contributed by atoms with van der Waals surface area (Å²) in [5, 5.41) is 3.09. The first kappa shape index (κ1) is 12.9. The van der Waals surface area contributed by atoms with Crippen LogP contribution in [0.15, 0.2) is 22.7 Å². The van der Waals surface area contributed by atoms with Crippen LogP contribution >= 0.6 is 15.9 Å². The first-order chi connectivity index (χ1) is 9.13. The molecular formula is C14H18BrN3O. The van der Waals surface area contributed by atoms with Gasteiger partial charge in [0.15, 0.2) is 0 Å². The first-order valence-electron chi connectivity index (χ1n) is 6.73. The molecule has 4 nitrogen and oxygen atoms in total. The average Bonchev–Trinajstić information content (AvgIpc) is 3.13. The minimum atomic E-state index is -0.0681. The summed E-state index contributed by atoms with van der Waals surface area (Å²) in [4.78, 5) is 14.7. The van der Waals surface area contributed by atoms with Crippen molar-refractivity contribution >= 4 is 27.5 Å². The minimum Gasteiger partial charge on any atom is -0.398 e. The second-order valence-electron chi connectivity index (χ2n) is 5.42. The summed E-state index contributed by atoms with van der Waals surface area (Å²) in [5.41, 5.74) is 6.94. The number of anilines is 1. The summed E-state index contributed by atoms with van der Waals surface area (Å²) in [6.45, 7) is 2.08. The van der Waals surface area contributed by atoms with Gasteiger partial charge in [-0.3, -0.25) is 9.69 Å². The fourth-order valence-electron chi connectivity index (χ4n) is 2.66. The topological polar surface area (TPSA) is 58.4 Å². The number of likely N-dealkylation sites (tertiary alicyclic amines) is 1. The second-order valence-corrected chi connectivity index (χ2v) is 6.33. The van der Waals surface area contributed by atoms with Crippen LogP contribution in [0.3, 0.4) is 0 Å². The van der Waals surface area contributed by atoms with Crippen molar-refractivity contribution in [2.75, 3.05) is 18.8 Å². The van der Waals surface area contributed by atoms with Crippen molar-refractivity contribution in [2.24, 2.45) is 0 Å². The van der Waals surface area contributed by atoms with Crippen molar-refractivity contribution in [3.8, 4) is 0 Å². The Bertz CT molecular complexity index is 501. The van der Waals surface area contributed by atoms with Gasteiger partial charge in [-0.2, -0.15) is 0 Å². The van der Waals surface area contributed by atoms with E-state index < -0.39 is 0 Å². The number of carbonyl (C=O) groups is 1. The molecular weight excluding hydrogens is 306 g/mol. The zero-order chi connectivity index (χ0) is 13.4. The number of benzene rings is 1. The molecule has 1 heterocycles. The van der Waals surface area contributed by atoms with Crippen LogP contribution in [-0.2, 0) is 0 Å². The molecule has 3 rings (SSSR count). The third kappa shape index (κ3) is 2.92. The van der Waals surface area contributed by atoms with Crippen molar-refractivity contribution in [2.45, 2.75) is 31.3 Å². The summed E-state index contributed by atoms with van der Waals surface area (Å²) in [5.74, 6) is -0.0681. The van der Waals surface area contributed by atoms with Crippen LogP contribution in [0.25, 0.3) is 0 Å². The van der Waals surface area contributed by atoms with Crippen molar-refractivity contribution in [3.05, 3.63) is 28.2 Å². The van der Waals surface area contributed by atoms with Crippen molar-refractivity contribution in [1.29, 1.82) is 0 Å². The average molecular weight is 324 g/mol. The van der Waals surface area contributed by atoms with Crippen molar-refractivity contribution in [3.63, 3.8) is 0 Å². The van der Waals surface area contributed by atoms with Crippen LogP contribution in [0.2, 0.25) is 0 Å². The molecule has 1 aliphatic carbocycles. The van der Waals surface area contributed by atoms with Gasteiger partial charge in [0.05, 0.1) is 5.56 Å². The molecule has 1 amide bonds. The lowest BCUT2D eigenvalue weighted by Gasteiger charge is -2.16. The lowest BCUT2D eigenvalue weighted by Crippen LogP contribution is -2.37. The highest BCUT2D eigenvalue weighted by atomic mass is 79.9. The highest BCUT2D eigenvalue weighted by molar-refractivity contribution is 9.10. The molecule has 1 saturated heterocycles. The standard InChI is InChI=1S/C14H18BrN3O/c15-9-1-4-13(16)12(7-9)14(19)17-10-5-6-18(8-10)11-2-3-11/h1,4,7,10-11H,2-3,5-6,8,16H2,(H,17,19). The number of carbonyl (C=O) groups excluding carboxylic acids is 1. The van der Waals surface area contributed by atoms with Gasteiger partial charge >= 0.3 is 0 Å². The van der Waals surface area contributed by atoms with E-state index in [-0.39, 0.29) is 11.9 Å². The largest absolute Gasteiger partial charge is 0.398 e. The summed E-state index contributed by atoms with van der Waals surface area (Å²) in [6.07, 6.45) is 3.68. The molecule has 1 aliphatic heterocycles. The molecule has 2 aliphatic rings. The predicted octanol–water partition coefficient (Wildman–Crippen LogP) is 2.00. The molecule has 1 aromatic carbocycles. The number of nitrogens with two attached hydrogens (primary N) is 1. The van der Waals surface area contributed by atoms with Gasteiger partial charge < -0.3 is 11.1 Å². The highest BCUT2D eigenvalue weighted by Gasteiger charge is 2.34. The maximum absolute atomic E-state index is 12.2. The second kappa shape index (κ2) is 5.13. The molecule has 0 bridgehead atoms. The Morgan fingerprint density at radius 1 is 1.37 bits per heavy atom. The Hall–Kier alpha value is -1.07. The van der Waals surface area contributed by atoms with Crippen LogP contribution in [0.5, 0.6) is 0 Å². The lowest BCUT2D eigenvalue weighted by atomic mass is 10.1. The predicted molar refractivity (Wildman–Crippen MR) is 79.0 cm³/mol. The molecule has 0 aromatic heterocycles. The third-order valence-electron chi connectivity index (χ3n) is 3.88. The van der Waals surface area contributed by atoms with Crippen LogP contribution in [0.1, 0.15) is 29.6 Å². The van der Waals surface area contributed by atoms with Gasteiger partial charge in [0.25, 0.3) is 5.91 Å². The minimum absolute atomic E-state index is 0.0681. The number of nitrogens with zero attached hydrogens (tertiary/aromatic N) is 1. The fraction of sp³-hybridized carbons (Fsp3) is 0.500. The zero-order valence-electron chi connectivity index (χ0n) is 10.7. The Balaban J connectivity index is 1.63. The zero-order valence-corrected chi connectivity index (χ0v) is 12.3. The van der Waals surface area contributed by atoms with E-state index in [1.54, 1.807) is 12.1 Å². The van der Waals surface area contributed by atoms with Gasteiger partial charge in [-0.15, -0.1) is 0 Å². The molecule has 102 valence electrons. The monoisotopic (exact) mass is 323 g/mol. The molecule has 0 radical (unpaired) electrons. The van der Waals surface area contributed by atoms with E-state index >= 15 is 0 Å². The van der Waals surface area contributed by atoms with E-state index in [1.807, 2.05) is 6.07 Å². The van der Waals surface area contributed by atoms with Crippen LogP contribution in [0, 0.1) is 0 Å². The Labute approximate surface area is 121 Å². The van der Waals surface area contributed by atoms with Gasteiger partial charge in [-0.1, -0.05) is 15.9 Å². The normalized spacial score (nSPS) is 23.5. The van der Waals surface area contributed by atoms with Gasteiger partial charge in [0.1, 0.15) is 0 Å². The first-order valence-corrected chi connectivity index (χ1v) is 7.53. The number of hydrogen-bond acceptors (Lipinski definition) is 3. The van der Waals surface area contributed by atoms with Gasteiger partial charge in [-0.05, 0) is 37.5 Å². The smallest absolute Gasteiger partial charge is 0.253 e. The summed E-state index contributed by atoms with van der Waals surface area (Å²) < 4.78 is 0.873. The summed E-state index contributed by atoms with van der Waals surface area (Å²) >= 11 is 3.37. The molecule has 0 spiro atoms. The van der Waals surface area contributed by atoms with E-state index in [4.69, 9.17) is 5.73 Å². The van der Waals surface area contributed by atoms with Gasteiger partial charge in [0.2, 0.25) is 0 Å². The molecule has 1 saturated carbocycles. The molecule has 1 atom stereocenters. The van der Waals surface area contributed by atoms with Crippen molar-refractivity contribution < 1.29 is 4.79 Å².